The fraction of sp³-hybridized carbons (Fsp3) is 0.389. The molecule has 0 radical (unpaired) electrons. The van der Waals surface area contributed by atoms with Crippen LogP contribution in [0.25, 0.3) is 11.2 Å². The standard InChI is InChI=1S/C17H18N5O5P.CH2F2/c18-16-15-17(20-8-19-16)22(9-21-15)14-5-11(23)13(26-14)7-25-28-24-6-10-3-1-2-4-12(10)27-28;2-1-3/h1-4,8-9,11,13-14,23H,5-7H2,(H2,18,19,20);1H2. The van der Waals surface area contributed by atoms with Gasteiger partial charge in [0.1, 0.15) is 29.9 Å². The maximum Gasteiger partial charge on any atom is 0.397 e. The number of rotatable bonds is 4. The molecule has 1 saturated heterocycles. The topological polar surface area (TPSA) is 127 Å². The van der Waals surface area contributed by atoms with Gasteiger partial charge in [0.05, 0.1) is 25.6 Å². The van der Waals surface area contributed by atoms with Gasteiger partial charge in [-0.05, 0) is 6.07 Å². The second-order valence-electron chi connectivity index (χ2n) is 6.61. The van der Waals surface area contributed by atoms with Crippen LogP contribution in [-0.2, 0) is 20.4 Å². The van der Waals surface area contributed by atoms with Gasteiger partial charge in [-0.25, -0.2) is 23.7 Å². The lowest BCUT2D eigenvalue weighted by Crippen LogP contribution is -2.26. The number of para-hydroxylation sites is 1. The molecule has 0 saturated carbocycles. The number of imidazole rings is 1. The number of anilines is 1. The Balaban J connectivity index is 0.000000730. The third-order valence-electron chi connectivity index (χ3n) is 4.72. The Morgan fingerprint density at radius 3 is 2.90 bits per heavy atom. The Hall–Kier alpha value is -2.50. The number of aliphatic hydroxyl groups is 1. The van der Waals surface area contributed by atoms with E-state index < -0.39 is 34.0 Å². The molecule has 4 unspecified atom stereocenters. The van der Waals surface area contributed by atoms with Gasteiger partial charge in [-0.1, -0.05) is 18.2 Å². The van der Waals surface area contributed by atoms with Crippen molar-refractivity contribution in [3.05, 3.63) is 42.5 Å². The van der Waals surface area contributed by atoms with Crippen molar-refractivity contribution >= 4 is 25.6 Å². The highest BCUT2D eigenvalue weighted by atomic mass is 31.2. The van der Waals surface area contributed by atoms with Crippen LogP contribution >= 0.6 is 8.60 Å². The lowest BCUT2D eigenvalue weighted by atomic mass is 10.2. The van der Waals surface area contributed by atoms with Gasteiger partial charge in [0.25, 0.3) is 0 Å². The smallest absolute Gasteiger partial charge is 0.397 e. The van der Waals surface area contributed by atoms with Crippen LogP contribution in [0.1, 0.15) is 18.2 Å². The number of benzene rings is 1. The highest BCUT2D eigenvalue weighted by molar-refractivity contribution is 7.42. The van der Waals surface area contributed by atoms with Gasteiger partial charge in [0.2, 0.25) is 6.93 Å². The van der Waals surface area contributed by atoms with Crippen molar-refractivity contribution < 1.29 is 32.2 Å². The van der Waals surface area contributed by atoms with Crippen molar-refractivity contribution in [1.82, 2.24) is 19.5 Å². The first-order valence-electron chi connectivity index (χ1n) is 9.31. The number of nitrogens with zero attached hydrogens (tertiary/aromatic N) is 4. The Bertz CT molecular complexity index is 1030. The van der Waals surface area contributed by atoms with E-state index in [2.05, 4.69) is 15.0 Å². The number of halogens is 2. The van der Waals surface area contributed by atoms with Crippen molar-refractivity contribution in [2.75, 3.05) is 19.3 Å². The minimum atomic E-state index is -1.75. The summed E-state index contributed by atoms with van der Waals surface area (Å²) in [5.41, 5.74) is 7.87. The van der Waals surface area contributed by atoms with E-state index >= 15 is 0 Å². The zero-order valence-electron chi connectivity index (χ0n) is 16.2. The molecule has 0 spiro atoms. The third kappa shape index (κ3) is 4.73. The molecule has 5 rings (SSSR count). The third-order valence-corrected chi connectivity index (χ3v) is 5.76. The van der Waals surface area contributed by atoms with Crippen LogP contribution in [0.5, 0.6) is 5.75 Å². The number of ether oxygens (including phenoxy) is 1. The summed E-state index contributed by atoms with van der Waals surface area (Å²) in [7, 11) is -1.53. The minimum Gasteiger partial charge on any atom is -0.426 e. The normalized spacial score (nSPS) is 24.9. The van der Waals surface area contributed by atoms with Crippen LogP contribution in [0, 0.1) is 0 Å². The number of aliphatic hydroxyl groups excluding tert-OH is 1. The summed E-state index contributed by atoms with van der Waals surface area (Å²) in [5.74, 6) is 1.06. The zero-order valence-corrected chi connectivity index (χ0v) is 17.1. The van der Waals surface area contributed by atoms with E-state index in [-0.39, 0.29) is 6.61 Å². The Morgan fingerprint density at radius 1 is 1.26 bits per heavy atom. The van der Waals surface area contributed by atoms with Crippen molar-refractivity contribution in [3.8, 4) is 5.75 Å². The summed E-state index contributed by atoms with van der Waals surface area (Å²) < 4.78 is 44.0. The molecule has 31 heavy (non-hydrogen) atoms. The van der Waals surface area contributed by atoms with Crippen LogP contribution in [0.15, 0.2) is 36.9 Å². The van der Waals surface area contributed by atoms with Gasteiger partial charge >= 0.3 is 8.60 Å². The molecule has 4 heterocycles. The van der Waals surface area contributed by atoms with Crippen LogP contribution in [0.3, 0.4) is 0 Å². The van der Waals surface area contributed by atoms with Gasteiger partial charge in [-0.15, -0.1) is 0 Å². The first-order chi connectivity index (χ1) is 15.1. The molecule has 1 aromatic carbocycles. The molecule has 4 atom stereocenters. The largest absolute Gasteiger partial charge is 0.426 e. The number of hydrogen-bond donors (Lipinski definition) is 2. The number of nitrogens with two attached hydrogens (primary N) is 1. The number of aromatic nitrogens is 4. The van der Waals surface area contributed by atoms with E-state index in [9.17, 15) is 13.9 Å². The molecule has 0 aliphatic carbocycles. The Kier molecular flexibility index (Phi) is 6.83. The molecule has 2 aromatic heterocycles. The van der Waals surface area contributed by atoms with Gasteiger partial charge in [0, 0.05) is 12.0 Å². The molecule has 3 N–H and O–H groups in total. The molecule has 10 nitrogen and oxygen atoms in total. The molecule has 1 fully saturated rings. The van der Waals surface area contributed by atoms with Crippen molar-refractivity contribution in [3.63, 3.8) is 0 Å². The molecular formula is C18H20F2N5O5P. The minimum absolute atomic E-state index is 0.148. The van der Waals surface area contributed by atoms with E-state index in [1.54, 1.807) is 10.9 Å². The number of fused-ring (bicyclic) bond motifs is 2. The number of nitrogen functional groups attached to an aromatic ring is 1. The van der Waals surface area contributed by atoms with E-state index in [4.69, 9.17) is 24.0 Å². The molecular weight excluding hydrogens is 435 g/mol. The molecule has 0 amide bonds. The Labute approximate surface area is 176 Å². The van der Waals surface area contributed by atoms with Crippen molar-refractivity contribution in [2.24, 2.45) is 0 Å². The summed E-state index contributed by atoms with van der Waals surface area (Å²) in [5, 5.41) is 10.4. The van der Waals surface area contributed by atoms with E-state index in [0.717, 1.165) is 11.3 Å². The summed E-state index contributed by atoms with van der Waals surface area (Å²) in [6, 6.07) is 7.66. The number of hydrogen-bond acceptors (Lipinski definition) is 9. The fourth-order valence-corrected chi connectivity index (χ4v) is 4.29. The maximum atomic E-state index is 10.4. The lowest BCUT2D eigenvalue weighted by Gasteiger charge is -2.25. The highest BCUT2D eigenvalue weighted by Crippen LogP contribution is 2.47. The van der Waals surface area contributed by atoms with Gasteiger partial charge < -0.3 is 20.1 Å². The van der Waals surface area contributed by atoms with Gasteiger partial charge in [0.15, 0.2) is 11.5 Å². The highest BCUT2D eigenvalue weighted by Gasteiger charge is 2.37. The van der Waals surface area contributed by atoms with Crippen LogP contribution in [0.2, 0.25) is 0 Å². The monoisotopic (exact) mass is 455 g/mol. The lowest BCUT2D eigenvalue weighted by molar-refractivity contribution is -0.0409. The molecule has 3 aromatic rings. The van der Waals surface area contributed by atoms with E-state index in [1.165, 1.54) is 6.33 Å². The average molecular weight is 455 g/mol. The Morgan fingerprint density at radius 2 is 2.06 bits per heavy atom. The number of alkyl halides is 2. The van der Waals surface area contributed by atoms with Crippen molar-refractivity contribution in [1.29, 1.82) is 0 Å². The molecule has 166 valence electrons. The van der Waals surface area contributed by atoms with E-state index in [1.807, 2.05) is 24.3 Å². The maximum absolute atomic E-state index is 10.4. The summed E-state index contributed by atoms with van der Waals surface area (Å²) in [6.07, 6.45) is 1.70. The van der Waals surface area contributed by atoms with Crippen LogP contribution in [0.4, 0.5) is 14.6 Å². The predicted octanol–water partition coefficient (Wildman–Crippen LogP) is 2.79. The first kappa shape index (κ1) is 21.7. The first-order valence-corrected chi connectivity index (χ1v) is 10.4. The average Bonchev–Trinajstić information content (AvgIpc) is 3.37. The van der Waals surface area contributed by atoms with Crippen LogP contribution < -0.4 is 10.3 Å². The molecule has 2 aliphatic rings. The summed E-state index contributed by atoms with van der Waals surface area (Å²) in [6.45, 7) is -1.17. The van der Waals surface area contributed by atoms with Gasteiger partial charge in [-0.3, -0.25) is 13.6 Å². The summed E-state index contributed by atoms with van der Waals surface area (Å²) >= 11 is 0. The predicted molar refractivity (Wildman–Crippen MR) is 106 cm³/mol. The zero-order chi connectivity index (χ0) is 21.8. The summed E-state index contributed by atoms with van der Waals surface area (Å²) in [4.78, 5) is 12.4. The molecule has 13 heteroatoms. The second kappa shape index (κ2) is 9.75. The quantitative estimate of drug-likeness (QED) is 0.571. The SMILES string of the molecule is FCF.Nc1ncnc2c1ncn2C1CC(O)C(COP2OCc3ccccc3O2)O1. The van der Waals surface area contributed by atoms with Crippen molar-refractivity contribution in [2.45, 2.75) is 31.5 Å². The van der Waals surface area contributed by atoms with Crippen LogP contribution in [-0.4, -0.2) is 50.4 Å². The second-order valence-corrected chi connectivity index (χ2v) is 7.75. The fourth-order valence-electron chi connectivity index (χ4n) is 3.26. The van der Waals surface area contributed by atoms with Gasteiger partial charge in [-0.2, -0.15) is 0 Å². The molecule has 2 aliphatic heterocycles. The van der Waals surface area contributed by atoms with E-state index in [0.29, 0.717) is 30.0 Å². The molecule has 0 bridgehead atoms.